The minimum Gasteiger partial charge on any atom is -0.383 e. The van der Waals surface area contributed by atoms with Crippen LogP contribution >= 0.6 is 27.5 Å². The number of nitrogen functional groups attached to an aromatic ring is 1. The summed E-state index contributed by atoms with van der Waals surface area (Å²) in [5.41, 5.74) is 7.89. The summed E-state index contributed by atoms with van der Waals surface area (Å²) in [5.74, 6) is 0.927. The van der Waals surface area contributed by atoms with E-state index in [1.165, 1.54) is 0 Å². The van der Waals surface area contributed by atoms with Gasteiger partial charge < -0.3 is 5.73 Å². The minimum atomic E-state index is 0.320. The highest BCUT2D eigenvalue weighted by Gasteiger charge is 2.16. The van der Waals surface area contributed by atoms with Gasteiger partial charge in [-0.05, 0) is 46.1 Å². The molecule has 0 atom stereocenters. The van der Waals surface area contributed by atoms with Gasteiger partial charge in [0.2, 0.25) is 0 Å². The third kappa shape index (κ3) is 2.33. The Hall–Kier alpha value is -1.00. The normalized spacial score (nSPS) is 11.1. The molecule has 0 saturated heterocycles. The third-order valence-electron chi connectivity index (χ3n) is 2.50. The van der Waals surface area contributed by atoms with Crippen molar-refractivity contribution < 1.29 is 0 Å². The molecule has 1 heterocycles. The third-order valence-corrected chi connectivity index (χ3v) is 3.57. The van der Waals surface area contributed by atoms with E-state index in [1.807, 2.05) is 24.3 Å². The first-order valence-corrected chi connectivity index (χ1v) is 6.47. The van der Waals surface area contributed by atoms with Crippen molar-refractivity contribution in [2.75, 3.05) is 5.73 Å². The quantitative estimate of drug-likeness (QED) is 0.910. The molecule has 1 aromatic heterocycles. The van der Waals surface area contributed by atoms with E-state index >= 15 is 0 Å². The molecule has 2 N–H and O–H groups in total. The lowest BCUT2D eigenvalue weighted by Crippen LogP contribution is -2.02. The van der Waals surface area contributed by atoms with Gasteiger partial charge in [0, 0.05) is 5.02 Å². The Morgan fingerprint density at radius 1 is 1.29 bits per heavy atom. The number of aromatic nitrogens is 2. The summed E-state index contributed by atoms with van der Waals surface area (Å²) in [4.78, 5) is 0. The van der Waals surface area contributed by atoms with Gasteiger partial charge in [-0.3, -0.25) is 0 Å². The van der Waals surface area contributed by atoms with Crippen molar-refractivity contribution in [1.82, 2.24) is 9.78 Å². The van der Waals surface area contributed by atoms with Crippen molar-refractivity contribution in [3.8, 4) is 5.69 Å². The number of halogens is 2. The van der Waals surface area contributed by atoms with Gasteiger partial charge in [0.25, 0.3) is 0 Å². The summed E-state index contributed by atoms with van der Waals surface area (Å²) in [5, 5.41) is 5.21. The first-order chi connectivity index (χ1) is 8.00. The van der Waals surface area contributed by atoms with E-state index in [-0.39, 0.29) is 0 Å². The van der Waals surface area contributed by atoms with Gasteiger partial charge in [0.1, 0.15) is 5.82 Å². The SMILES string of the molecule is CC(C)c1nn(-c2ccc(Cl)cc2)c(N)c1Br. The van der Waals surface area contributed by atoms with E-state index < -0.39 is 0 Å². The average molecular weight is 315 g/mol. The van der Waals surface area contributed by atoms with Crippen molar-refractivity contribution in [1.29, 1.82) is 0 Å². The highest BCUT2D eigenvalue weighted by Crippen LogP contribution is 2.31. The molecule has 0 fully saturated rings. The molecule has 1 aromatic carbocycles. The summed E-state index contributed by atoms with van der Waals surface area (Å²) in [6.07, 6.45) is 0. The number of hydrogen-bond acceptors (Lipinski definition) is 2. The van der Waals surface area contributed by atoms with Crippen LogP contribution in [0.4, 0.5) is 5.82 Å². The number of nitrogens with zero attached hydrogens (tertiary/aromatic N) is 2. The zero-order valence-corrected chi connectivity index (χ0v) is 12.0. The molecule has 2 aromatic rings. The lowest BCUT2D eigenvalue weighted by atomic mass is 10.1. The Morgan fingerprint density at radius 2 is 1.88 bits per heavy atom. The van der Waals surface area contributed by atoms with Crippen LogP contribution in [-0.2, 0) is 0 Å². The molecule has 0 radical (unpaired) electrons. The van der Waals surface area contributed by atoms with Crippen LogP contribution in [-0.4, -0.2) is 9.78 Å². The van der Waals surface area contributed by atoms with Gasteiger partial charge in [-0.15, -0.1) is 0 Å². The van der Waals surface area contributed by atoms with E-state index in [9.17, 15) is 0 Å². The molecule has 0 amide bonds. The van der Waals surface area contributed by atoms with Gasteiger partial charge in [0.05, 0.1) is 15.9 Å². The molecule has 90 valence electrons. The lowest BCUT2D eigenvalue weighted by Gasteiger charge is -2.03. The summed E-state index contributed by atoms with van der Waals surface area (Å²) in [6, 6.07) is 7.42. The Bertz CT molecular complexity index is 531. The zero-order valence-electron chi connectivity index (χ0n) is 9.61. The molecule has 3 nitrogen and oxygen atoms in total. The van der Waals surface area contributed by atoms with Gasteiger partial charge in [-0.1, -0.05) is 25.4 Å². The molecule has 0 unspecified atom stereocenters. The van der Waals surface area contributed by atoms with Gasteiger partial charge in [0.15, 0.2) is 0 Å². The maximum atomic E-state index is 6.03. The van der Waals surface area contributed by atoms with E-state index in [1.54, 1.807) is 4.68 Å². The van der Waals surface area contributed by atoms with Gasteiger partial charge in [-0.2, -0.15) is 5.10 Å². The van der Waals surface area contributed by atoms with Crippen LogP contribution in [0.2, 0.25) is 5.02 Å². The fraction of sp³-hybridized carbons (Fsp3) is 0.250. The Balaban J connectivity index is 2.53. The van der Waals surface area contributed by atoms with Crippen molar-refractivity contribution in [2.24, 2.45) is 0 Å². The smallest absolute Gasteiger partial charge is 0.141 e. The average Bonchev–Trinajstić information content (AvgIpc) is 2.58. The van der Waals surface area contributed by atoms with Crippen LogP contribution in [0.1, 0.15) is 25.5 Å². The summed E-state index contributed by atoms with van der Waals surface area (Å²) < 4.78 is 2.58. The number of benzene rings is 1. The molecule has 0 aliphatic rings. The van der Waals surface area contributed by atoms with Crippen molar-refractivity contribution in [2.45, 2.75) is 19.8 Å². The fourth-order valence-corrected chi connectivity index (χ4v) is 2.41. The number of anilines is 1. The molecule has 17 heavy (non-hydrogen) atoms. The van der Waals surface area contributed by atoms with Crippen LogP contribution in [0.5, 0.6) is 0 Å². The molecular formula is C12H13BrClN3. The maximum Gasteiger partial charge on any atom is 0.141 e. The van der Waals surface area contributed by atoms with Crippen LogP contribution in [0.3, 0.4) is 0 Å². The Kier molecular flexibility index (Phi) is 3.45. The van der Waals surface area contributed by atoms with Crippen molar-refractivity contribution in [3.05, 3.63) is 39.5 Å². The molecule has 0 bridgehead atoms. The highest BCUT2D eigenvalue weighted by molar-refractivity contribution is 9.10. The van der Waals surface area contributed by atoms with Crippen LogP contribution in [0.25, 0.3) is 5.69 Å². The number of nitrogens with two attached hydrogens (primary N) is 1. The van der Waals surface area contributed by atoms with E-state index in [4.69, 9.17) is 17.3 Å². The molecule has 0 saturated carbocycles. The monoisotopic (exact) mass is 313 g/mol. The van der Waals surface area contributed by atoms with Gasteiger partial charge in [-0.25, -0.2) is 4.68 Å². The summed E-state index contributed by atoms with van der Waals surface area (Å²) in [6.45, 7) is 4.16. The van der Waals surface area contributed by atoms with E-state index in [0.717, 1.165) is 15.9 Å². The van der Waals surface area contributed by atoms with Gasteiger partial charge >= 0.3 is 0 Å². The van der Waals surface area contributed by atoms with Crippen molar-refractivity contribution in [3.63, 3.8) is 0 Å². The predicted octanol–water partition coefficient (Wildman–Crippen LogP) is 3.99. The van der Waals surface area contributed by atoms with Crippen molar-refractivity contribution >= 4 is 33.3 Å². The molecule has 0 aliphatic carbocycles. The van der Waals surface area contributed by atoms with Crippen LogP contribution in [0.15, 0.2) is 28.7 Å². The first-order valence-electron chi connectivity index (χ1n) is 5.30. The summed E-state index contributed by atoms with van der Waals surface area (Å²) >= 11 is 9.33. The molecule has 0 spiro atoms. The van der Waals surface area contributed by atoms with Crippen LogP contribution < -0.4 is 5.73 Å². The topological polar surface area (TPSA) is 43.8 Å². The zero-order chi connectivity index (χ0) is 12.6. The second-order valence-electron chi connectivity index (χ2n) is 4.13. The Morgan fingerprint density at radius 3 is 2.35 bits per heavy atom. The van der Waals surface area contributed by atoms with E-state index in [2.05, 4.69) is 34.9 Å². The molecule has 2 rings (SSSR count). The Labute approximate surface area is 114 Å². The summed E-state index contributed by atoms with van der Waals surface area (Å²) in [7, 11) is 0. The molecule has 0 aliphatic heterocycles. The largest absolute Gasteiger partial charge is 0.383 e. The molecular weight excluding hydrogens is 302 g/mol. The second kappa shape index (κ2) is 4.70. The standard InChI is InChI=1S/C12H13BrClN3/c1-7(2)11-10(13)12(15)17(16-11)9-5-3-8(14)4-6-9/h3-7H,15H2,1-2H3. The molecule has 5 heteroatoms. The number of hydrogen-bond donors (Lipinski definition) is 1. The second-order valence-corrected chi connectivity index (χ2v) is 5.36. The maximum absolute atomic E-state index is 6.03. The lowest BCUT2D eigenvalue weighted by molar-refractivity contribution is 0.769. The predicted molar refractivity (Wildman–Crippen MR) is 74.8 cm³/mol. The minimum absolute atomic E-state index is 0.320. The van der Waals surface area contributed by atoms with Crippen LogP contribution in [0, 0.1) is 0 Å². The highest BCUT2D eigenvalue weighted by atomic mass is 79.9. The first kappa shape index (κ1) is 12.5. The van der Waals surface area contributed by atoms with E-state index in [0.29, 0.717) is 16.8 Å². The number of rotatable bonds is 2. The fourth-order valence-electron chi connectivity index (χ4n) is 1.58.